The van der Waals surface area contributed by atoms with Gasteiger partial charge in [0.1, 0.15) is 17.5 Å². The van der Waals surface area contributed by atoms with Gasteiger partial charge in [-0.3, -0.25) is 4.79 Å². The summed E-state index contributed by atoms with van der Waals surface area (Å²) in [6.07, 6.45) is 2.40. The van der Waals surface area contributed by atoms with E-state index in [0.717, 1.165) is 43.6 Å². The van der Waals surface area contributed by atoms with Gasteiger partial charge in [-0.2, -0.15) is 0 Å². The Kier molecular flexibility index (Phi) is 3.46. The minimum absolute atomic E-state index is 0.155. The molecule has 0 spiro atoms. The fourth-order valence-electron chi connectivity index (χ4n) is 2.52. The number of hydrogen-bond donors (Lipinski definition) is 1. The minimum atomic E-state index is 0.155. The van der Waals surface area contributed by atoms with Gasteiger partial charge in [0.25, 0.3) is 0 Å². The van der Waals surface area contributed by atoms with Gasteiger partial charge in [0.05, 0.1) is 0 Å². The number of carbonyl (C=O) groups excluding carboxylic acids is 1. The number of nitrogens with zero attached hydrogens (tertiary/aromatic N) is 4. The SMILES string of the molecule is CNc1cc(N2CCN(C(C)=O)CC2)nc(C2CC2)n1. The number of nitrogens with one attached hydrogen (secondary N) is 1. The van der Waals surface area contributed by atoms with E-state index in [0.29, 0.717) is 5.92 Å². The molecule has 0 atom stereocenters. The highest BCUT2D eigenvalue weighted by Gasteiger charge is 2.28. The highest BCUT2D eigenvalue weighted by Crippen LogP contribution is 2.39. The monoisotopic (exact) mass is 275 g/mol. The minimum Gasteiger partial charge on any atom is -0.373 e. The lowest BCUT2D eigenvalue weighted by atomic mass is 10.3. The maximum absolute atomic E-state index is 11.4. The first-order valence-corrected chi connectivity index (χ1v) is 7.24. The first-order chi connectivity index (χ1) is 9.67. The molecule has 1 aliphatic heterocycles. The maximum atomic E-state index is 11.4. The Labute approximate surface area is 119 Å². The largest absolute Gasteiger partial charge is 0.373 e. The zero-order valence-corrected chi connectivity index (χ0v) is 12.1. The second kappa shape index (κ2) is 5.26. The van der Waals surface area contributed by atoms with Gasteiger partial charge in [0.2, 0.25) is 5.91 Å². The summed E-state index contributed by atoms with van der Waals surface area (Å²) in [4.78, 5) is 24.7. The topological polar surface area (TPSA) is 61.4 Å². The van der Waals surface area contributed by atoms with Crippen LogP contribution < -0.4 is 10.2 Å². The second-order valence-corrected chi connectivity index (χ2v) is 5.49. The summed E-state index contributed by atoms with van der Waals surface area (Å²) in [6, 6.07) is 2.00. The van der Waals surface area contributed by atoms with Gasteiger partial charge in [0.15, 0.2) is 0 Å². The van der Waals surface area contributed by atoms with Crippen LogP contribution in [0, 0.1) is 0 Å². The molecule has 0 bridgehead atoms. The molecule has 1 amide bonds. The third-order valence-corrected chi connectivity index (χ3v) is 3.98. The van der Waals surface area contributed by atoms with Gasteiger partial charge in [-0.1, -0.05) is 0 Å². The predicted molar refractivity (Wildman–Crippen MR) is 78.0 cm³/mol. The highest BCUT2D eigenvalue weighted by molar-refractivity contribution is 5.73. The molecule has 1 aromatic heterocycles. The third kappa shape index (κ3) is 2.69. The lowest BCUT2D eigenvalue weighted by molar-refractivity contribution is -0.129. The first kappa shape index (κ1) is 13.1. The molecule has 2 heterocycles. The average Bonchev–Trinajstić information content (AvgIpc) is 3.31. The quantitative estimate of drug-likeness (QED) is 0.894. The van der Waals surface area contributed by atoms with E-state index in [1.807, 2.05) is 18.0 Å². The van der Waals surface area contributed by atoms with Crippen LogP contribution in [0.15, 0.2) is 6.07 Å². The molecule has 1 N–H and O–H groups in total. The van der Waals surface area contributed by atoms with Crippen molar-refractivity contribution in [1.82, 2.24) is 14.9 Å². The Morgan fingerprint density at radius 1 is 1.25 bits per heavy atom. The Morgan fingerprint density at radius 2 is 1.95 bits per heavy atom. The molecule has 6 heteroatoms. The molecule has 1 saturated heterocycles. The average molecular weight is 275 g/mol. The van der Waals surface area contributed by atoms with Crippen LogP contribution in [0.3, 0.4) is 0 Å². The zero-order valence-electron chi connectivity index (χ0n) is 12.1. The summed E-state index contributed by atoms with van der Waals surface area (Å²) >= 11 is 0. The summed E-state index contributed by atoms with van der Waals surface area (Å²) < 4.78 is 0. The van der Waals surface area contributed by atoms with E-state index in [4.69, 9.17) is 4.98 Å². The molecular weight excluding hydrogens is 254 g/mol. The van der Waals surface area contributed by atoms with E-state index in [9.17, 15) is 4.79 Å². The molecule has 0 unspecified atom stereocenters. The molecule has 1 aromatic rings. The van der Waals surface area contributed by atoms with Crippen molar-refractivity contribution in [2.45, 2.75) is 25.7 Å². The lowest BCUT2D eigenvalue weighted by Crippen LogP contribution is -2.48. The summed E-state index contributed by atoms with van der Waals surface area (Å²) in [5.41, 5.74) is 0. The van der Waals surface area contributed by atoms with Crippen molar-refractivity contribution in [2.24, 2.45) is 0 Å². The molecule has 0 radical (unpaired) electrons. The van der Waals surface area contributed by atoms with E-state index < -0.39 is 0 Å². The Morgan fingerprint density at radius 3 is 2.50 bits per heavy atom. The van der Waals surface area contributed by atoms with Crippen LogP contribution in [0.25, 0.3) is 0 Å². The molecule has 0 aromatic carbocycles. The van der Waals surface area contributed by atoms with E-state index >= 15 is 0 Å². The van der Waals surface area contributed by atoms with Crippen LogP contribution in [-0.2, 0) is 4.79 Å². The predicted octanol–water partition coefficient (Wildman–Crippen LogP) is 1.06. The Hall–Kier alpha value is -1.85. The zero-order chi connectivity index (χ0) is 14.1. The molecule has 1 saturated carbocycles. The molecule has 2 aliphatic rings. The van der Waals surface area contributed by atoms with Gasteiger partial charge in [0, 0.05) is 52.1 Å². The van der Waals surface area contributed by atoms with Crippen molar-refractivity contribution in [1.29, 1.82) is 0 Å². The van der Waals surface area contributed by atoms with Crippen molar-refractivity contribution in [2.75, 3.05) is 43.4 Å². The number of carbonyl (C=O) groups is 1. The fourth-order valence-corrected chi connectivity index (χ4v) is 2.52. The van der Waals surface area contributed by atoms with Gasteiger partial charge in [-0.25, -0.2) is 9.97 Å². The number of hydrogen-bond acceptors (Lipinski definition) is 5. The molecule has 3 rings (SSSR count). The van der Waals surface area contributed by atoms with Crippen molar-refractivity contribution in [3.63, 3.8) is 0 Å². The van der Waals surface area contributed by atoms with Crippen molar-refractivity contribution >= 4 is 17.5 Å². The van der Waals surface area contributed by atoms with Gasteiger partial charge >= 0.3 is 0 Å². The lowest BCUT2D eigenvalue weighted by Gasteiger charge is -2.35. The fraction of sp³-hybridized carbons (Fsp3) is 0.643. The molecular formula is C14H21N5O. The van der Waals surface area contributed by atoms with Crippen molar-refractivity contribution in [3.8, 4) is 0 Å². The standard InChI is InChI=1S/C14H21N5O/c1-10(20)18-5-7-19(8-6-18)13-9-12(15-2)16-14(17-13)11-3-4-11/h9,11H,3-8H2,1-2H3,(H,15,16,17). The number of amides is 1. The van der Waals surface area contributed by atoms with Crippen molar-refractivity contribution < 1.29 is 4.79 Å². The molecule has 1 aliphatic carbocycles. The van der Waals surface area contributed by atoms with Gasteiger partial charge in [-0.05, 0) is 12.8 Å². The molecule has 108 valence electrons. The highest BCUT2D eigenvalue weighted by atomic mass is 16.2. The van der Waals surface area contributed by atoms with Gasteiger partial charge in [-0.15, -0.1) is 0 Å². The third-order valence-electron chi connectivity index (χ3n) is 3.98. The summed E-state index contributed by atoms with van der Waals surface area (Å²) in [5, 5.41) is 3.11. The maximum Gasteiger partial charge on any atom is 0.219 e. The smallest absolute Gasteiger partial charge is 0.219 e. The number of rotatable bonds is 3. The Bertz CT molecular complexity index is 506. The number of anilines is 2. The van der Waals surface area contributed by atoms with E-state index in [1.54, 1.807) is 6.92 Å². The van der Waals surface area contributed by atoms with E-state index in [-0.39, 0.29) is 5.91 Å². The van der Waals surface area contributed by atoms with Crippen LogP contribution in [0.2, 0.25) is 0 Å². The summed E-state index contributed by atoms with van der Waals surface area (Å²) in [5.74, 6) is 3.52. The van der Waals surface area contributed by atoms with Crippen LogP contribution >= 0.6 is 0 Å². The summed E-state index contributed by atoms with van der Waals surface area (Å²) in [7, 11) is 1.89. The van der Waals surface area contributed by atoms with Crippen molar-refractivity contribution in [3.05, 3.63) is 11.9 Å². The number of piperazine rings is 1. The van der Waals surface area contributed by atoms with E-state index in [1.165, 1.54) is 12.8 Å². The summed E-state index contributed by atoms with van der Waals surface area (Å²) in [6.45, 7) is 4.85. The van der Waals surface area contributed by atoms with Crippen LogP contribution in [0.1, 0.15) is 31.5 Å². The normalized spacial score (nSPS) is 19.1. The number of aromatic nitrogens is 2. The second-order valence-electron chi connectivity index (χ2n) is 5.49. The van der Waals surface area contributed by atoms with Crippen LogP contribution in [-0.4, -0.2) is 54.0 Å². The first-order valence-electron chi connectivity index (χ1n) is 7.24. The van der Waals surface area contributed by atoms with Crippen LogP contribution in [0.5, 0.6) is 0 Å². The molecule has 20 heavy (non-hydrogen) atoms. The van der Waals surface area contributed by atoms with Crippen LogP contribution in [0.4, 0.5) is 11.6 Å². The molecule has 2 fully saturated rings. The van der Waals surface area contributed by atoms with Gasteiger partial charge < -0.3 is 15.1 Å². The molecule has 6 nitrogen and oxygen atoms in total. The van der Waals surface area contributed by atoms with E-state index in [2.05, 4.69) is 15.2 Å². The Balaban J connectivity index is 1.76.